The molecule has 0 spiro atoms. The number of aromatic nitrogens is 1. The number of hydrogen-bond donors (Lipinski definition) is 1. The molecule has 3 heteroatoms. The summed E-state index contributed by atoms with van der Waals surface area (Å²) in [5.41, 5.74) is 2.34. The Hall–Kier alpha value is -0.930. The van der Waals surface area contributed by atoms with E-state index < -0.39 is 0 Å². The Morgan fingerprint density at radius 1 is 1.41 bits per heavy atom. The van der Waals surface area contributed by atoms with Crippen LogP contribution in [0.25, 0.3) is 0 Å². The molecule has 17 heavy (non-hydrogen) atoms. The van der Waals surface area contributed by atoms with Crippen LogP contribution in [-0.4, -0.2) is 30.0 Å². The van der Waals surface area contributed by atoms with E-state index in [2.05, 4.69) is 40.3 Å². The zero-order valence-corrected chi connectivity index (χ0v) is 10.9. The highest BCUT2D eigenvalue weighted by molar-refractivity contribution is 5.11. The largest absolute Gasteiger partial charge is 0.314 e. The molecule has 2 rings (SSSR count). The zero-order chi connectivity index (χ0) is 12.1. The van der Waals surface area contributed by atoms with Crippen molar-refractivity contribution in [3.05, 3.63) is 29.6 Å². The average Bonchev–Trinajstić information content (AvgIpc) is 2.78. The molecule has 0 aromatic carbocycles. The molecule has 1 saturated heterocycles. The maximum absolute atomic E-state index is 4.67. The predicted molar refractivity (Wildman–Crippen MR) is 70.7 cm³/mol. The van der Waals surface area contributed by atoms with E-state index in [-0.39, 0.29) is 0 Å². The van der Waals surface area contributed by atoms with Crippen LogP contribution in [0.3, 0.4) is 0 Å². The van der Waals surface area contributed by atoms with Gasteiger partial charge in [-0.2, -0.15) is 0 Å². The molecule has 1 aromatic rings. The van der Waals surface area contributed by atoms with Gasteiger partial charge in [-0.3, -0.25) is 9.88 Å². The number of rotatable bonds is 5. The molecule has 1 atom stereocenters. The van der Waals surface area contributed by atoms with E-state index in [1.54, 1.807) is 0 Å². The molecule has 2 heterocycles. The van der Waals surface area contributed by atoms with Gasteiger partial charge in [0.15, 0.2) is 0 Å². The number of pyridine rings is 1. The fraction of sp³-hybridized carbons (Fsp3) is 0.643. The third-order valence-corrected chi connectivity index (χ3v) is 3.56. The molecule has 0 saturated carbocycles. The van der Waals surface area contributed by atoms with Crippen LogP contribution in [0.1, 0.15) is 31.2 Å². The van der Waals surface area contributed by atoms with Crippen LogP contribution in [0.5, 0.6) is 0 Å². The topological polar surface area (TPSA) is 28.2 Å². The fourth-order valence-corrected chi connectivity index (χ4v) is 2.52. The monoisotopic (exact) mass is 233 g/mol. The Labute approximate surface area is 104 Å². The quantitative estimate of drug-likeness (QED) is 0.843. The molecule has 1 fully saturated rings. The lowest BCUT2D eigenvalue weighted by Crippen LogP contribution is -2.21. The summed E-state index contributed by atoms with van der Waals surface area (Å²) in [4.78, 5) is 7.20. The number of likely N-dealkylation sites (tertiary alicyclic amines) is 1. The van der Waals surface area contributed by atoms with Gasteiger partial charge in [-0.1, -0.05) is 19.4 Å². The van der Waals surface area contributed by atoms with E-state index in [1.165, 1.54) is 31.6 Å². The van der Waals surface area contributed by atoms with Gasteiger partial charge >= 0.3 is 0 Å². The summed E-state index contributed by atoms with van der Waals surface area (Å²) in [6.45, 7) is 6.63. The van der Waals surface area contributed by atoms with Gasteiger partial charge in [0.25, 0.3) is 0 Å². The summed E-state index contributed by atoms with van der Waals surface area (Å²) in [5, 5.41) is 3.14. The molecular formula is C14H23N3. The van der Waals surface area contributed by atoms with Gasteiger partial charge < -0.3 is 5.32 Å². The second-order valence-electron chi connectivity index (χ2n) is 4.95. The summed E-state index contributed by atoms with van der Waals surface area (Å²) < 4.78 is 0. The van der Waals surface area contributed by atoms with Crippen molar-refractivity contribution < 1.29 is 0 Å². The van der Waals surface area contributed by atoms with Gasteiger partial charge in [-0.05, 0) is 38.1 Å². The Balaban J connectivity index is 1.92. The lowest BCUT2D eigenvalue weighted by atomic mass is 10.1. The summed E-state index contributed by atoms with van der Waals surface area (Å²) >= 11 is 0. The lowest BCUT2D eigenvalue weighted by molar-refractivity contribution is 0.311. The minimum absolute atomic E-state index is 0.853. The Morgan fingerprint density at radius 3 is 2.94 bits per heavy atom. The number of nitrogens with zero attached hydrogens (tertiary/aromatic N) is 2. The first kappa shape index (κ1) is 12.5. The highest BCUT2D eigenvalue weighted by Crippen LogP contribution is 2.20. The molecular weight excluding hydrogens is 210 g/mol. The first-order chi connectivity index (χ1) is 8.31. The van der Waals surface area contributed by atoms with Gasteiger partial charge in [0.05, 0.1) is 11.4 Å². The summed E-state index contributed by atoms with van der Waals surface area (Å²) in [7, 11) is 1.96. The van der Waals surface area contributed by atoms with E-state index in [0.717, 1.165) is 24.7 Å². The van der Waals surface area contributed by atoms with Crippen molar-refractivity contribution in [2.24, 2.45) is 5.92 Å². The van der Waals surface area contributed by atoms with Crippen molar-refractivity contribution in [2.45, 2.75) is 32.9 Å². The van der Waals surface area contributed by atoms with E-state index >= 15 is 0 Å². The number of nitrogens with one attached hydrogen (secondary N) is 1. The van der Waals surface area contributed by atoms with Crippen LogP contribution < -0.4 is 5.32 Å². The molecule has 1 N–H and O–H groups in total. The van der Waals surface area contributed by atoms with Crippen molar-refractivity contribution in [3.63, 3.8) is 0 Å². The highest BCUT2D eigenvalue weighted by atomic mass is 15.1. The van der Waals surface area contributed by atoms with Gasteiger partial charge in [0.2, 0.25) is 0 Å². The van der Waals surface area contributed by atoms with Crippen molar-refractivity contribution >= 4 is 0 Å². The molecule has 0 aliphatic carbocycles. The second-order valence-corrected chi connectivity index (χ2v) is 4.95. The fourth-order valence-electron chi connectivity index (χ4n) is 2.52. The maximum Gasteiger partial charge on any atom is 0.0547 e. The van der Waals surface area contributed by atoms with E-state index in [4.69, 9.17) is 0 Å². The van der Waals surface area contributed by atoms with Crippen LogP contribution in [-0.2, 0) is 13.1 Å². The standard InChI is InChI=1S/C14H23N3/c1-3-12-7-8-17(10-12)11-14-6-4-5-13(16-14)9-15-2/h4-6,12,15H,3,7-11H2,1-2H3. The van der Waals surface area contributed by atoms with Crippen LogP contribution in [0.2, 0.25) is 0 Å². The molecule has 1 unspecified atom stereocenters. The molecule has 0 bridgehead atoms. The Bertz CT molecular complexity index is 351. The first-order valence-electron chi connectivity index (χ1n) is 6.63. The predicted octanol–water partition coefficient (Wildman–Crippen LogP) is 2.03. The summed E-state index contributed by atoms with van der Waals surface area (Å²) in [5.74, 6) is 0.899. The van der Waals surface area contributed by atoms with Gasteiger partial charge in [-0.25, -0.2) is 0 Å². The van der Waals surface area contributed by atoms with Gasteiger partial charge in [-0.15, -0.1) is 0 Å². The number of hydrogen-bond acceptors (Lipinski definition) is 3. The minimum Gasteiger partial charge on any atom is -0.314 e. The lowest BCUT2D eigenvalue weighted by Gasteiger charge is -2.15. The van der Waals surface area contributed by atoms with Crippen LogP contribution in [0.15, 0.2) is 18.2 Å². The van der Waals surface area contributed by atoms with Crippen molar-refractivity contribution in [2.75, 3.05) is 20.1 Å². The van der Waals surface area contributed by atoms with Crippen molar-refractivity contribution in [1.82, 2.24) is 15.2 Å². The molecule has 1 aliphatic heterocycles. The van der Waals surface area contributed by atoms with E-state index in [0.29, 0.717) is 0 Å². The SMILES string of the molecule is CCC1CCN(Cc2cccc(CNC)n2)C1. The molecule has 1 aliphatic rings. The molecule has 0 amide bonds. The Morgan fingerprint density at radius 2 is 2.24 bits per heavy atom. The van der Waals surface area contributed by atoms with E-state index in [9.17, 15) is 0 Å². The highest BCUT2D eigenvalue weighted by Gasteiger charge is 2.20. The molecule has 1 aromatic heterocycles. The molecule has 3 nitrogen and oxygen atoms in total. The average molecular weight is 233 g/mol. The molecule has 0 radical (unpaired) electrons. The second kappa shape index (κ2) is 6.12. The Kier molecular flexibility index (Phi) is 4.51. The van der Waals surface area contributed by atoms with Crippen molar-refractivity contribution in [1.29, 1.82) is 0 Å². The van der Waals surface area contributed by atoms with Crippen molar-refractivity contribution in [3.8, 4) is 0 Å². The summed E-state index contributed by atoms with van der Waals surface area (Å²) in [6, 6.07) is 6.33. The van der Waals surface area contributed by atoms with Gasteiger partial charge in [0.1, 0.15) is 0 Å². The zero-order valence-electron chi connectivity index (χ0n) is 10.9. The minimum atomic E-state index is 0.853. The smallest absolute Gasteiger partial charge is 0.0547 e. The van der Waals surface area contributed by atoms with Crippen LogP contribution >= 0.6 is 0 Å². The first-order valence-corrected chi connectivity index (χ1v) is 6.63. The third kappa shape index (κ3) is 3.51. The van der Waals surface area contributed by atoms with Crippen LogP contribution in [0.4, 0.5) is 0 Å². The van der Waals surface area contributed by atoms with Crippen LogP contribution in [0, 0.1) is 5.92 Å². The molecule has 94 valence electrons. The van der Waals surface area contributed by atoms with Gasteiger partial charge in [0, 0.05) is 19.6 Å². The maximum atomic E-state index is 4.67. The van der Waals surface area contributed by atoms with E-state index in [1.807, 2.05) is 7.05 Å². The normalized spacial score (nSPS) is 20.9. The summed E-state index contributed by atoms with van der Waals surface area (Å²) in [6.07, 6.45) is 2.66. The third-order valence-electron chi connectivity index (χ3n) is 3.56.